The maximum absolute atomic E-state index is 12.7. The Kier molecular flexibility index (Phi) is 4.15. The van der Waals surface area contributed by atoms with Gasteiger partial charge in [0, 0.05) is 19.2 Å². The molecule has 1 aliphatic rings. The van der Waals surface area contributed by atoms with Crippen molar-refractivity contribution < 1.29 is 9.59 Å². The molecule has 1 saturated heterocycles. The molecule has 0 bridgehead atoms. The molecule has 0 radical (unpaired) electrons. The molecule has 1 atom stereocenters. The van der Waals surface area contributed by atoms with E-state index in [1.54, 1.807) is 11.8 Å². The van der Waals surface area contributed by atoms with Crippen LogP contribution in [0.15, 0.2) is 23.1 Å². The summed E-state index contributed by atoms with van der Waals surface area (Å²) in [5.41, 5.74) is 6.10. The first-order valence-corrected chi connectivity index (χ1v) is 7.66. The van der Waals surface area contributed by atoms with Crippen LogP contribution in [-0.4, -0.2) is 49.8 Å². The van der Waals surface area contributed by atoms with Crippen LogP contribution < -0.4 is 11.3 Å². The van der Waals surface area contributed by atoms with E-state index in [-0.39, 0.29) is 23.3 Å². The molecule has 9 heteroatoms. The predicted octanol–water partition coefficient (Wildman–Crippen LogP) is -0.398. The van der Waals surface area contributed by atoms with Gasteiger partial charge in [-0.3, -0.25) is 14.4 Å². The van der Waals surface area contributed by atoms with Crippen molar-refractivity contribution in [2.45, 2.75) is 19.8 Å². The van der Waals surface area contributed by atoms with Gasteiger partial charge in [0.1, 0.15) is 0 Å². The Morgan fingerprint density at radius 1 is 1.38 bits per heavy atom. The van der Waals surface area contributed by atoms with Crippen molar-refractivity contribution in [2.24, 2.45) is 11.7 Å². The molecule has 2 amide bonds. The van der Waals surface area contributed by atoms with E-state index in [1.807, 2.05) is 0 Å². The molecule has 0 spiro atoms. The normalized spacial score (nSPS) is 17.7. The minimum Gasteiger partial charge on any atom is -0.369 e. The Balaban J connectivity index is 1.85. The number of carbonyl (C=O) groups excluding carboxylic acids is 2. The van der Waals surface area contributed by atoms with Crippen molar-refractivity contribution in [1.29, 1.82) is 0 Å². The second kappa shape index (κ2) is 6.26. The van der Waals surface area contributed by atoms with Gasteiger partial charge in [0.15, 0.2) is 5.82 Å². The van der Waals surface area contributed by atoms with E-state index in [9.17, 15) is 14.4 Å². The number of likely N-dealkylation sites (tertiary alicyclic amines) is 1. The maximum atomic E-state index is 12.7. The van der Waals surface area contributed by atoms with E-state index in [4.69, 9.17) is 5.73 Å². The summed E-state index contributed by atoms with van der Waals surface area (Å²) in [6, 6.07) is 2.87. The highest BCUT2D eigenvalue weighted by molar-refractivity contribution is 5.95. The summed E-state index contributed by atoms with van der Waals surface area (Å²) in [6.07, 6.45) is 2.92. The number of aromatic nitrogens is 4. The number of nitrogens with zero attached hydrogens (tertiary/aromatic N) is 4. The number of H-pyrrole nitrogens is 1. The first kappa shape index (κ1) is 15.9. The number of piperidine rings is 1. The minimum atomic E-state index is -0.377. The van der Waals surface area contributed by atoms with E-state index in [2.05, 4.69) is 15.3 Å². The summed E-state index contributed by atoms with van der Waals surface area (Å²) >= 11 is 0. The van der Waals surface area contributed by atoms with Crippen LogP contribution in [0.4, 0.5) is 0 Å². The second-order valence-corrected chi connectivity index (χ2v) is 5.83. The molecule has 24 heavy (non-hydrogen) atoms. The zero-order chi connectivity index (χ0) is 17.3. The number of amides is 2. The van der Waals surface area contributed by atoms with Gasteiger partial charge < -0.3 is 10.6 Å². The molecule has 3 rings (SSSR count). The van der Waals surface area contributed by atoms with Crippen LogP contribution in [0.3, 0.4) is 0 Å². The molecule has 0 aromatic carbocycles. The molecule has 2 aromatic rings. The number of nitrogens with two attached hydrogens (primary N) is 1. The molecule has 0 saturated carbocycles. The van der Waals surface area contributed by atoms with Gasteiger partial charge in [-0.1, -0.05) is 0 Å². The summed E-state index contributed by atoms with van der Waals surface area (Å²) < 4.78 is 1.48. The third-order valence-electron chi connectivity index (χ3n) is 4.23. The van der Waals surface area contributed by atoms with Gasteiger partial charge in [0.25, 0.3) is 11.5 Å². The molecule has 0 unspecified atom stereocenters. The van der Waals surface area contributed by atoms with Crippen LogP contribution in [0, 0.1) is 12.8 Å². The zero-order valence-electron chi connectivity index (χ0n) is 13.2. The van der Waals surface area contributed by atoms with Crippen LogP contribution in [0.25, 0.3) is 5.82 Å². The number of carbonyl (C=O) groups is 2. The average Bonchev–Trinajstić information content (AvgIpc) is 2.96. The van der Waals surface area contributed by atoms with Gasteiger partial charge in [-0.2, -0.15) is 10.2 Å². The van der Waals surface area contributed by atoms with Crippen molar-refractivity contribution in [3.8, 4) is 5.82 Å². The van der Waals surface area contributed by atoms with E-state index in [0.29, 0.717) is 36.6 Å². The fourth-order valence-corrected chi connectivity index (χ4v) is 2.87. The van der Waals surface area contributed by atoms with E-state index in [0.717, 1.165) is 6.42 Å². The largest absolute Gasteiger partial charge is 0.369 e. The van der Waals surface area contributed by atoms with Crippen molar-refractivity contribution in [3.63, 3.8) is 0 Å². The maximum Gasteiger partial charge on any atom is 0.264 e. The molecule has 3 heterocycles. The number of hydrogen-bond acceptors (Lipinski definition) is 5. The van der Waals surface area contributed by atoms with Gasteiger partial charge in [-0.05, 0) is 25.8 Å². The van der Waals surface area contributed by atoms with Gasteiger partial charge >= 0.3 is 0 Å². The highest BCUT2D eigenvalue weighted by atomic mass is 16.2. The lowest BCUT2D eigenvalue weighted by Gasteiger charge is -2.31. The molecule has 1 fully saturated rings. The van der Waals surface area contributed by atoms with Gasteiger partial charge in [-0.15, -0.1) is 0 Å². The second-order valence-electron chi connectivity index (χ2n) is 5.83. The third kappa shape index (κ3) is 2.92. The Labute approximate surface area is 137 Å². The Morgan fingerprint density at radius 2 is 2.17 bits per heavy atom. The summed E-state index contributed by atoms with van der Waals surface area (Å²) in [6.45, 7) is 2.67. The van der Waals surface area contributed by atoms with Crippen LogP contribution in [-0.2, 0) is 4.79 Å². The fourth-order valence-electron chi connectivity index (χ4n) is 2.87. The summed E-state index contributed by atoms with van der Waals surface area (Å²) in [7, 11) is 0. The van der Waals surface area contributed by atoms with Crippen LogP contribution >= 0.6 is 0 Å². The van der Waals surface area contributed by atoms with Crippen molar-refractivity contribution in [2.75, 3.05) is 13.1 Å². The lowest BCUT2D eigenvalue weighted by Crippen LogP contribution is -2.44. The van der Waals surface area contributed by atoms with E-state index >= 15 is 0 Å². The molecule has 126 valence electrons. The topological polar surface area (TPSA) is 127 Å². The number of hydrogen-bond donors (Lipinski definition) is 2. The van der Waals surface area contributed by atoms with E-state index < -0.39 is 0 Å². The van der Waals surface area contributed by atoms with Crippen LogP contribution in [0.1, 0.15) is 28.9 Å². The highest BCUT2D eigenvalue weighted by Crippen LogP contribution is 2.20. The monoisotopic (exact) mass is 330 g/mol. The molecule has 9 nitrogen and oxygen atoms in total. The first-order chi connectivity index (χ1) is 11.5. The molecule has 0 aliphatic carbocycles. The standard InChI is InChI=1S/C15H18N6O3/c1-9-11(7-17-21(9)12-4-5-13(22)19-18-12)15(24)20-6-2-3-10(8-20)14(16)23/h4-5,7,10H,2-3,6,8H2,1H3,(H2,16,23)(H,19,22)/t10-/m1/s1. The molecular weight excluding hydrogens is 312 g/mol. The third-order valence-corrected chi connectivity index (χ3v) is 4.23. The molecule has 1 aliphatic heterocycles. The number of nitrogens with one attached hydrogen (secondary N) is 1. The molecule has 2 aromatic heterocycles. The highest BCUT2D eigenvalue weighted by Gasteiger charge is 2.29. The van der Waals surface area contributed by atoms with Crippen molar-refractivity contribution >= 4 is 11.8 Å². The quantitative estimate of drug-likeness (QED) is 0.792. The van der Waals surface area contributed by atoms with Crippen molar-refractivity contribution in [3.05, 3.63) is 39.9 Å². The Morgan fingerprint density at radius 3 is 2.83 bits per heavy atom. The lowest BCUT2D eigenvalue weighted by atomic mass is 9.97. The molecular formula is C15H18N6O3. The number of rotatable bonds is 3. The molecule has 3 N–H and O–H groups in total. The van der Waals surface area contributed by atoms with Gasteiger partial charge in [0.05, 0.1) is 23.4 Å². The number of aromatic amines is 1. The SMILES string of the molecule is Cc1c(C(=O)N2CCC[C@@H](C(N)=O)C2)cnn1-c1ccc(=O)[nH]n1. The van der Waals surface area contributed by atoms with Crippen molar-refractivity contribution in [1.82, 2.24) is 24.9 Å². The minimum absolute atomic E-state index is 0.186. The lowest BCUT2D eigenvalue weighted by molar-refractivity contribution is -0.123. The van der Waals surface area contributed by atoms with Gasteiger partial charge in [0.2, 0.25) is 5.91 Å². The van der Waals surface area contributed by atoms with E-state index in [1.165, 1.54) is 23.0 Å². The number of primary amides is 1. The average molecular weight is 330 g/mol. The first-order valence-electron chi connectivity index (χ1n) is 7.66. The smallest absolute Gasteiger partial charge is 0.264 e. The van der Waals surface area contributed by atoms with Crippen LogP contribution in [0.2, 0.25) is 0 Å². The summed E-state index contributed by atoms with van der Waals surface area (Å²) in [5.74, 6) is -0.454. The Hall–Kier alpha value is -2.97. The summed E-state index contributed by atoms with van der Waals surface area (Å²) in [5, 5.41) is 10.4. The summed E-state index contributed by atoms with van der Waals surface area (Å²) in [4.78, 5) is 36.8. The fraction of sp³-hybridized carbons (Fsp3) is 0.400. The Bertz CT molecular complexity index is 819. The van der Waals surface area contributed by atoms with Crippen LogP contribution in [0.5, 0.6) is 0 Å². The van der Waals surface area contributed by atoms with Gasteiger partial charge in [-0.25, -0.2) is 9.78 Å². The zero-order valence-corrected chi connectivity index (χ0v) is 13.2. The predicted molar refractivity (Wildman–Crippen MR) is 84.5 cm³/mol.